The summed E-state index contributed by atoms with van der Waals surface area (Å²) in [5.74, 6) is -0.445. The van der Waals surface area contributed by atoms with Crippen molar-refractivity contribution in [2.24, 2.45) is 0 Å². The van der Waals surface area contributed by atoms with E-state index >= 15 is 0 Å². The summed E-state index contributed by atoms with van der Waals surface area (Å²) in [6.07, 6.45) is 1.89. The van der Waals surface area contributed by atoms with E-state index in [0.29, 0.717) is 28.3 Å². The number of ether oxygens (including phenoxy) is 1. The molecule has 1 aliphatic carbocycles. The number of benzene rings is 1. The number of carbonyl (C=O) groups is 3. The molecule has 0 aliphatic heterocycles. The predicted molar refractivity (Wildman–Crippen MR) is 103 cm³/mol. The minimum atomic E-state index is -0.495. The molecular weight excluding hydrogens is 370 g/mol. The van der Waals surface area contributed by atoms with Crippen LogP contribution in [-0.4, -0.2) is 30.0 Å². The van der Waals surface area contributed by atoms with E-state index in [9.17, 15) is 14.4 Å². The zero-order valence-electron chi connectivity index (χ0n) is 14.4. The second-order valence-corrected chi connectivity index (χ2v) is 7.83. The Labute approximate surface area is 160 Å². The zero-order valence-corrected chi connectivity index (χ0v) is 16.0. The van der Waals surface area contributed by atoms with E-state index in [4.69, 9.17) is 4.74 Å². The molecule has 136 valence electrons. The normalized spacial score (nSPS) is 13.2. The maximum absolute atomic E-state index is 12.4. The van der Waals surface area contributed by atoms with Gasteiger partial charge in [-0.2, -0.15) is 0 Å². The van der Waals surface area contributed by atoms with Crippen molar-refractivity contribution in [1.29, 1.82) is 0 Å². The van der Waals surface area contributed by atoms with Gasteiger partial charge in [0.05, 0.1) is 22.9 Å². The van der Waals surface area contributed by atoms with Gasteiger partial charge in [-0.3, -0.25) is 9.59 Å². The van der Waals surface area contributed by atoms with Crippen LogP contribution in [0.5, 0.6) is 0 Å². The minimum absolute atomic E-state index is 0.0287. The fourth-order valence-electron chi connectivity index (χ4n) is 2.78. The van der Waals surface area contributed by atoms with E-state index in [0.717, 1.165) is 28.2 Å². The molecule has 26 heavy (non-hydrogen) atoms. The molecule has 1 aliphatic rings. The lowest BCUT2D eigenvalue weighted by Gasteiger charge is -2.13. The summed E-state index contributed by atoms with van der Waals surface area (Å²) in [7, 11) is 0. The van der Waals surface area contributed by atoms with Crippen molar-refractivity contribution < 1.29 is 19.1 Å². The summed E-state index contributed by atoms with van der Waals surface area (Å²) in [4.78, 5) is 38.7. The van der Waals surface area contributed by atoms with Gasteiger partial charge in [0.2, 0.25) is 5.91 Å². The Morgan fingerprint density at radius 3 is 2.73 bits per heavy atom. The minimum Gasteiger partial charge on any atom is -0.462 e. The number of rotatable bonds is 6. The van der Waals surface area contributed by atoms with Crippen molar-refractivity contribution >= 4 is 46.4 Å². The van der Waals surface area contributed by atoms with Gasteiger partial charge in [-0.1, -0.05) is 18.2 Å². The molecular formula is C19H19NO4S2. The Morgan fingerprint density at radius 1 is 1.23 bits per heavy atom. The number of hydrogen-bond donors (Lipinski definition) is 1. The van der Waals surface area contributed by atoms with Crippen LogP contribution in [0.15, 0.2) is 35.2 Å². The highest BCUT2D eigenvalue weighted by Gasteiger charge is 2.30. The van der Waals surface area contributed by atoms with Gasteiger partial charge in [0.25, 0.3) is 0 Å². The lowest BCUT2D eigenvalue weighted by Crippen LogP contribution is -2.18. The van der Waals surface area contributed by atoms with Crippen LogP contribution in [0.1, 0.15) is 44.7 Å². The number of thioether (sulfide) groups is 1. The molecule has 1 N–H and O–H groups in total. The predicted octanol–water partition coefficient (Wildman–Crippen LogP) is 4.17. The quantitative estimate of drug-likeness (QED) is 0.593. The molecule has 3 rings (SSSR count). The summed E-state index contributed by atoms with van der Waals surface area (Å²) in [6, 6.07) is 9.63. The van der Waals surface area contributed by atoms with Crippen molar-refractivity contribution in [3.63, 3.8) is 0 Å². The maximum atomic E-state index is 12.4. The summed E-state index contributed by atoms with van der Waals surface area (Å²) >= 11 is 2.55. The topological polar surface area (TPSA) is 72.5 Å². The Bertz CT molecular complexity index is 830. The molecule has 0 saturated heterocycles. The van der Waals surface area contributed by atoms with Crippen LogP contribution in [0.3, 0.4) is 0 Å². The number of carbonyl (C=O) groups excluding carboxylic acids is 3. The van der Waals surface area contributed by atoms with E-state index in [1.54, 1.807) is 6.92 Å². The first-order chi connectivity index (χ1) is 12.6. The second kappa shape index (κ2) is 8.51. The van der Waals surface area contributed by atoms with Gasteiger partial charge in [-0.25, -0.2) is 4.79 Å². The average Bonchev–Trinajstić information content (AvgIpc) is 3.01. The van der Waals surface area contributed by atoms with Crippen LogP contribution in [0.4, 0.5) is 5.69 Å². The molecule has 0 bridgehead atoms. The third-order valence-corrected chi connectivity index (χ3v) is 6.19. The highest BCUT2D eigenvalue weighted by molar-refractivity contribution is 8.00. The Kier molecular flexibility index (Phi) is 6.11. The first-order valence-electron chi connectivity index (χ1n) is 8.43. The molecule has 7 heteroatoms. The van der Waals surface area contributed by atoms with Gasteiger partial charge < -0.3 is 10.1 Å². The molecule has 0 radical (unpaired) electrons. The SMILES string of the molecule is CCOC(=O)c1sc2c(c1NC(=O)CSc1ccccc1)CCCC2=O. The number of amides is 1. The first-order valence-corrected chi connectivity index (χ1v) is 10.2. The van der Waals surface area contributed by atoms with Crippen molar-refractivity contribution in [3.05, 3.63) is 45.6 Å². The number of fused-ring (bicyclic) bond motifs is 1. The molecule has 1 heterocycles. The molecule has 1 aromatic carbocycles. The molecule has 0 spiro atoms. The standard InChI is InChI=1S/C19H19NO4S2/c1-2-24-19(23)18-16(13-9-6-10-14(21)17(13)26-18)20-15(22)11-25-12-7-4-3-5-8-12/h3-5,7-8H,2,6,9-11H2,1H3,(H,20,22). The number of hydrogen-bond acceptors (Lipinski definition) is 6. The zero-order chi connectivity index (χ0) is 18.5. The number of thiophene rings is 1. The third-order valence-electron chi connectivity index (χ3n) is 3.93. The summed E-state index contributed by atoms with van der Waals surface area (Å²) in [6.45, 7) is 1.97. The van der Waals surface area contributed by atoms with E-state index in [2.05, 4.69) is 5.32 Å². The van der Waals surface area contributed by atoms with Crippen LogP contribution in [0.25, 0.3) is 0 Å². The largest absolute Gasteiger partial charge is 0.462 e. The van der Waals surface area contributed by atoms with Crippen molar-refractivity contribution in [2.45, 2.75) is 31.1 Å². The van der Waals surface area contributed by atoms with Crippen molar-refractivity contribution in [2.75, 3.05) is 17.7 Å². The third kappa shape index (κ3) is 4.16. The summed E-state index contributed by atoms with van der Waals surface area (Å²) in [5, 5.41) is 2.85. The molecule has 2 aromatic rings. The first kappa shape index (κ1) is 18.7. The smallest absolute Gasteiger partial charge is 0.350 e. The average molecular weight is 389 g/mol. The molecule has 0 fully saturated rings. The van der Waals surface area contributed by atoms with Crippen LogP contribution in [0.2, 0.25) is 0 Å². The van der Waals surface area contributed by atoms with Gasteiger partial charge in [-0.15, -0.1) is 23.1 Å². The van der Waals surface area contributed by atoms with E-state index in [-0.39, 0.29) is 24.1 Å². The second-order valence-electron chi connectivity index (χ2n) is 5.76. The fraction of sp³-hybridized carbons (Fsp3) is 0.316. The van der Waals surface area contributed by atoms with Crippen molar-refractivity contribution in [1.82, 2.24) is 0 Å². The van der Waals surface area contributed by atoms with Crippen LogP contribution >= 0.6 is 23.1 Å². The number of Topliss-reactive ketones (excluding diaryl/α,β-unsaturated/α-hetero) is 1. The number of esters is 1. The molecule has 5 nitrogen and oxygen atoms in total. The maximum Gasteiger partial charge on any atom is 0.350 e. The lowest BCUT2D eigenvalue weighted by atomic mass is 9.96. The molecule has 0 unspecified atom stereocenters. The molecule has 1 amide bonds. The highest BCUT2D eigenvalue weighted by Crippen LogP contribution is 2.39. The fourth-order valence-corrected chi connectivity index (χ4v) is 4.67. The number of ketones is 1. The Balaban J connectivity index is 1.80. The van der Waals surface area contributed by atoms with Crippen LogP contribution < -0.4 is 5.32 Å². The van der Waals surface area contributed by atoms with Gasteiger partial charge >= 0.3 is 5.97 Å². The molecule has 1 aromatic heterocycles. The van der Waals surface area contributed by atoms with E-state index in [1.165, 1.54) is 11.8 Å². The molecule has 0 saturated carbocycles. The highest BCUT2D eigenvalue weighted by atomic mass is 32.2. The van der Waals surface area contributed by atoms with Gasteiger partial charge in [0.1, 0.15) is 4.88 Å². The summed E-state index contributed by atoms with van der Waals surface area (Å²) < 4.78 is 5.10. The van der Waals surface area contributed by atoms with Crippen molar-refractivity contribution in [3.8, 4) is 0 Å². The monoisotopic (exact) mass is 389 g/mol. The Hall–Kier alpha value is -2.12. The van der Waals surface area contributed by atoms with Gasteiger partial charge in [0.15, 0.2) is 5.78 Å². The lowest BCUT2D eigenvalue weighted by molar-refractivity contribution is -0.113. The van der Waals surface area contributed by atoms with Gasteiger partial charge in [0, 0.05) is 11.3 Å². The van der Waals surface area contributed by atoms with Crippen LogP contribution in [-0.2, 0) is 16.0 Å². The van der Waals surface area contributed by atoms with E-state index < -0.39 is 5.97 Å². The summed E-state index contributed by atoms with van der Waals surface area (Å²) in [5.41, 5.74) is 1.22. The van der Waals surface area contributed by atoms with Crippen LogP contribution in [0, 0.1) is 0 Å². The van der Waals surface area contributed by atoms with E-state index in [1.807, 2.05) is 30.3 Å². The molecule has 0 atom stereocenters. The Morgan fingerprint density at radius 2 is 2.00 bits per heavy atom. The number of nitrogens with one attached hydrogen (secondary N) is 1. The number of anilines is 1. The van der Waals surface area contributed by atoms with Gasteiger partial charge in [-0.05, 0) is 37.5 Å².